The van der Waals surface area contributed by atoms with Gasteiger partial charge >= 0.3 is 0 Å². The molecule has 2 aromatic rings. The van der Waals surface area contributed by atoms with Gasteiger partial charge in [0.15, 0.2) is 0 Å². The second-order valence-electron chi connectivity index (χ2n) is 3.67. The summed E-state index contributed by atoms with van der Waals surface area (Å²) < 4.78 is 6.53. The lowest BCUT2D eigenvalue weighted by atomic mass is 10.2. The van der Waals surface area contributed by atoms with Crippen LogP contribution in [0.4, 0.5) is 0 Å². The summed E-state index contributed by atoms with van der Waals surface area (Å²) in [6.45, 7) is 1.70. The first-order valence-electron chi connectivity index (χ1n) is 5.22. The maximum Gasteiger partial charge on any atom is 0.219 e. The van der Waals surface area contributed by atoms with Gasteiger partial charge in [0, 0.05) is 16.7 Å². The quantitative estimate of drug-likeness (QED) is 0.938. The van der Waals surface area contributed by atoms with E-state index < -0.39 is 6.10 Å². The molecule has 0 aliphatic heterocycles. The van der Waals surface area contributed by atoms with Gasteiger partial charge in [0.2, 0.25) is 5.88 Å². The predicted octanol–water partition coefficient (Wildman–Crippen LogP) is 3.69. The Morgan fingerprint density at radius 2 is 2.12 bits per heavy atom. The zero-order valence-electron chi connectivity index (χ0n) is 9.30. The number of benzene rings is 1. The number of hydrogen-bond donors (Lipinski definition) is 1. The molecule has 0 spiro atoms. The third kappa shape index (κ3) is 3.28. The first kappa shape index (κ1) is 12.1. The lowest BCUT2D eigenvalue weighted by Gasteiger charge is -2.07. The molecular formula is C13H12BrNO2. The molecular weight excluding hydrogens is 282 g/mol. The summed E-state index contributed by atoms with van der Waals surface area (Å²) in [6, 6.07) is 11.1. The summed E-state index contributed by atoms with van der Waals surface area (Å²) in [6.07, 6.45) is 1.10. The van der Waals surface area contributed by atoms with Crippen molar-refractivity contribution in [2.24, 2.45) is 0 Å². The normalized spacial score (nSPS) is 12.2. The van der Waals surface area contributed by atoms with Crippen molar-refractivity contribution >= 4 is 15.9 Å². The number of rotatable bonds is 3. The molecule has 0 amide bonds. The van der Waals surface area contributed by atoms with Gasteiger partial charge in [-0.3, -0.25) is 0 Å². The first-order valence-corrected chi connectivity index (χ1v) is 6.02. The number of nitrogens with zero attached hydrogens (tertiary/aromatic N) is 1. The summed E-state index contributed by atoms with van der Waals surface area (Å²) in [5, 5.41) is 9.35. The van der Waals surface area contributed by atoms with Gasteiger partial charge in [-0.25, -0.2) is 4.98 Å². The maximum atomic E-state index is 9.35. The van der Waals surface area contributed by atoms with E-state index in [1.165, 1.54) is 0 Å². The monoisotopic (exact) mass is 293 g/mol. The Hall–Kier alpha value is -1.39. The molecule has 0 bridgehead atoms. The average Bonchev–Trinajstić information content (AvgIpc) is 2.29. The zero-order chi connectivity index (χ0) is 12.3. The largest absolute Gasteiger partial charge is 0.439 e. The van der Waals surface area contributed by atoms with Crippen LogP contribution in [0, 0.1) is 0 Å². The molecule has 1 N–H and O–H groups in total. The van der Waals surface area contributed by atoms with Gasteiger partial charge in [0.1, 0.15) is 5.75 Å². The Bertz CT molecular complexity index is 497. The second kappa shape index (κ2) is 5.29. The van der Waals surface area contributed by atoms with Crippen LogP contribution in [0.5, 0.6) is 11.6 Å². The van der Waals surface area contributed by atoms with Crippen LogP contribution in [0.2, 0.25) is 0 Å². The number of hydrogen-bond acceptors (Lipinski definition) is 3. The molecule has 3 nitrogen and oxygen atoms in total. The highest BCUT2D eigenvalue weighted by Crippen LogP contribution is 2.23. The van der Waals surface area contributed by atoms with Crippen LogP contribution < -0.4 is 4.74 Å². The lowest BCUT2D eigenvalue weighted by molar-refractivity contribution is 0.198. The summed E-state index contributed by atoms with van der Waals surface area (Å²) in [4.78, 5) is 4.13. The van der Waals surface area contributed by atoms with Crippen LogP contribution in [0.1, 0.15) is 18.6 Å². The average molecular weight is 294 g/mol. The van der Waals surface area contributed by atoms with Crippen molar-refractivity contribution in [1.82, 2.24) is 4.98 Å². The van der Waals surface area contributed by atoms with E-state index >= 15 is 0 Å². The molecule has 1 atom stereocenters. The van der Waals surface area contributed by atoms with Crippen LogP contribution >= 0.6 is 15.9 Å². The van der Waals surface area contributed by atoms with E-state index in [4.69, 9.17) is 4.74 Å². The smallest absolute Gasteiger partial charge is 0.219 e. The molecule has 4 heteroatoms. The van der Waals surface area contributed by atoms with Gasteiger partial charge in [-0.05, 0) is 36.8 Å². The summed E-state index contributed by atoms with van der Waals surface area (Å²) in [5.74, 6) is 1.23. The summed E-state index contributed by atoms with van der Waals surface area (Å²) in [7, 11) is 0. The Morgan fingerprint density at radius 1 is 1.29 bits per heavy atom. The number of halogens is 1. The third-order valence-electron chi connectivity index (χ3n) is 2.26. The number of aromatic nitrogens is 1. The summed E-state index contributed by atoms with van der Waals surface area (Å²) >= 11 is 3.37. The fourth-order valence-electron chi connectivity index (χ4n) is 1.35. The van der Waals surface area contributed by atoms with E-state index in [1.807, 2.05) is 24.3 Å². The molecule has 1 unspecified atom stereocenters. The zero-order valence-corrected chi connectivity index (χ0v) is 10.9. The van der Waals surface area contributed by atoms with Gasteiger partial charge in [-0.15, -0.1) is 0 Å². The minimum Gasteiger partial charge on any atom is -0.439 e. The molecule has 0 fully saturated rings. The van der Waals surface area contributed by atoms with Crippen molar-refractivity contribution < 1.29 is 9.84 Å². The second-order valence-corrected chi connectivity index (χ2v) is 4.58. The first-order chi connectivity index (χ1) is 8.15. The highest BCUT2D eigenvalue weighted by atomic mass is 79.9. The number of aliphatic hydroxyl groups excluding tert-OH is 1. The van der Waals surface area contributed by atoms with E-state index in [-0.39, 0.29) is 0 Å². The molecule has 88 valence electrons. The number of ether oxygens (including phenoxy) is 1. The molecule has 1 aromatic carbocycles. The van der Waals surface area contributed by atoms with Crippen molar-refractivity contribution in [3.63, 3.8) is 0 Å². The van der Waals surface area contributed by atoms with E-state index in [0.29, 0.717) is 5.88 Å². The van der Waals surface area contributed by atoms with Gasteiger partial charge < -0.3 is 9.84 Å². The maximum absolute atomic E-state index is 9.35. The summed E-state index contributed by atoms with van der Waals surface area (Å²) in [5.41, 5.74) is 0.770. The van der Waals surface area contributed by atoms with Crippen LogP contribution in [0.15, 0.2) is 47.1 Å². The molecule has 2 rings (SSSR count). The molecule has 0 radical (unpaired) electrons. The molecule has 0 saturated carbocycles. The third-order valence-corrected chi connectivity index (χ3v) is 2.75. The Morgan fingerprint density at radius 3 is 2.71 bits per heavy atom. The predicted molar refractivity (Wildman–Crippen MR) is 69.1 cm³/mol. The molecule has 0 saturated heterocycles. The van der Waals surface area contributed by atoms with Crippen LogP contribution in [0.3, 0.4) is 0 Å². The van der Waals surface area contributed by atoms with Gasteiger partial charge in [-0.1, -0.05) is 22.0 Å². The molecule has 17 heavy (non-hydrogen) atoms. The Balaban J connectivity index is 2.14. The Kier molecular flexibility index (Phi) is 3.76. The highest BCUT2D eigenvalue weighted by Gasteiger charge is 2.03. The number of pyridine rings is 1. The SMILES string of the molecule is CC(O)c1ccc(Oc2cccc(Br)c2)nc1. The van der Waals surface area contributed by atoms with E-state index in [0.717, 1.165) is 15.8 Å². The van der Waals surface area contributed by atoms with E-state index in [2.05, 4.69) is 20.9 Å². The van der Waals surface area contributed by atoms with Crippen LogP contribution in [-0.4, -0.2) is 10.1 Å². The standard InChI is InChI=1S/C13H12BrNO2/c1-9(16)10-5-6-13(15-8-10)17-12-4-2-3-11(14)7-12/h2-9,16H,1H3. The molecule has 1 aromatic heterocycles. The van der Waals surface area contributed by atoms with Crippen molar-refractivity contribution in [3.05, 3.63) is 52.6 Å². The fraction of sp³-hybridized carbons (Fsp3) is 0.154. The van der Waals surface area contributed by atoms with Crippen LogP contribution in [-0.2, 0) is 0 Å². The molecule has 0 aliphatic carbocycles. The van der Waals surface area contributed by atoms with Gasteiger partial charge in [0.25, 0.3) is 0 Å². The van der Waals surface area contributed by atoms with E-state index in [1.54, 1.807) is 25.3 Å². The van der Waals surface area contributed by atoms with Gasteiger partial charge in [0.05, 0.1) is 6.10 Å². The van der Waals surface area contributed by atoms with Crippen LogP contribution in [0.25, 0.3) is 0 Å². The van der Waals surface area contributed by atoms with Gasteiger partial charge in [-0.2, -0.15) is 0 Å². The molecule has 0 aliphatic rings. The minimum atomic E-state index is -0.512. The van der Waals surface area contributed by atoms with Crippen molar-refractivity contribution in [2.75, 3.05) is 0 Å². The van der Waals surface area contributed by atoms with E-state index in [9.17, 15) is 5.11 Å². The topological polar surface area (TPSA) is 42.4 Å². The lowest BCUT2D eigenvalue weighted by Crippen LogP contribution is -1.93. The fourth-order valence-corrected chi connectivity index (χ4v) is 1.73. The molecule has 1 heterocycles. The van der Waals surface area contributed by atoms with Crippen molar-refractivity contribution in [3.8, 4) is 11.6 Å². The number of aliphatic hydroxyl groups is 1. The minimum absolute atomic E-state index is 0.507. The van der Waals surface area contributed by atoms with Crippen molar-refractivity contribution in [2.45, 2.75) is 13.0 Å². The highest BCUT2D eigenvalue weighted by molar-refractivity contribution is 9.10. The van der Waals surface area contributed by atoms with Crippen molar-refractivity contribution in [1.29, 1.82) is 0 Å². The Labute approximate surface area is 108 Å².